The van der Waals surface area contributed by atoms with Crippen LogP contribution in [0.3, 0.4) is 0 Å². The van der Waals surface area contributed by atoms with Gasteiger partial charge in [0.15, 0.2) is 6.61 Å². The van der Waals surface area contributed by atoms with E-state index in [1.54, 1.807) is 0 Å². The zero-order valence-electron chi connectivity index (χ0n) is 14.5. The van der Waals surface area contributed by atoms with Gasteiger partial charge in [-0.05, 0) is 43.3 Å². The highest BCUT2D eigenvalue weighted by Gasteiger charge is 2.18. The van der Waals surface area contributed by atoms with Crippen LogP contribution in [0.2, 0.25) is 5.02 Å². The second kappa shape index (κ2) is 8.37. The molecule has 3 rings (SSSR count). The predicted octanol–water partition coefficient (Wildman–Crippen LogP) is 3.55. The third kappa shape index (κ3) is 4.74. The molecule has 1 aliphatic heterocycles. The minimum Gasteiger partial charge on any atom is -0.482 e. The minimum absolute atomic E-state index is 0.0125. The number of halogens is 1. The number of benzene rings is 2. The van der Waals surface area contributed by atoms with Crippen molar-refractivity contribution in [2.45, 2.75) is 6.42 Å². The molecule has 0 spiro atoms. The van der Waals surface area contributed by atoms with Gasteiger partial charge in [-0.15, -0.1) is 0 Å². The van der Waals surface area contributed by atoms with E-state index in [0.29, 0.717) is 10.8 Å². The molecule has 25 heavy (non-hydrogen) atoms. The second-order valence-electron chi connectivity index (χ2n) is 6.34. The summed E-state index contributed by atoms with van der Waals surface area (Å²) in [6.07, 6.45) is 0.995. The van der Waals surface area contributed by atoms with E-state index in [1.807, 2.05) is 53.4 Å². The van der Waals surface area contributed by atoms with E-state index in [1.165, 1.54) is 0 Å². The maximum absolute atomic E-state index is 12.4. The van der Waals surface area contributed by atoms with Gasteiger partial charge in [0, 0.05) is 19.6 Å². The first kappa shape index (κ1) is 17.8. The predicted molar refractivity (Wildman–Crippen MR) is 101 cm³/mol. The molecule has 1 heterocycles. The van der Waals surface area contributed by atoms with Crippen molar-refractivity contribution in [2.75, 3.05) is 39.8 Å². The summed E-state index contributed by atoms with van der Waals surface area (Å²) in [5, 5.41) is 0.518. The number of carbonyl (C=O) groups is 1. The van der Waals surface area contributed by atoms with Gasteiger partial charge in [0.2, 0.25) is 0 Å². The molecule has 0 saturated carbocycles. The van der Waals surface area contributed by atoms with Gasteiger partial charge < -0.3 is 14.5 Å². The molecule has 0 bridgehead atoms. The van der Waals surface area contributed by atoms with Crippen molar-refractivity contribution in [1.29, 1.82) is 0 Å². The van der Waals surface area contributed by atoms with Crippen molar-refractivity contribution < 1.29 is 9.53 Å². The lowest BCUT2D eigenvalue weighted by Gasteiger charge is -2.20. The van der Waals surface area contributed by atoms with E-state index in [2.05, 4.69) is 11.9 Å². The molecule has 0 N–H and O–H groups in total. The lowest BCUT2D eigenvalue weighted by Crippen LogP contribution is -2.37. The molecule has 0 aliphatic carbocycles. The molecule has 1 saturated heterocycles. The Morgan fingerprint density at radius 2 is 1.84 bits per heavy atom. The normalized spacial score (nSPS) is 15.7. The molecule has 4 nitrogen and oxygen atoms in total. The first-order valence-corrected chi connectivity index (χ1v) is 8.95. The Balaban J connectivity index is 1.60. The van der Waals surface area contributed by atoms with Crippen LogP contribution < -0.4 is 4.74 Å². The van der Waals surface area contributed by atoms with Crippen molar-refractivity contribution >= 4 is 17.5 Å². The highest BCUT2D eigenvalue weighted by Crippen LogP contribution is 2.30. The van der Waals surface area contributed by atoms with Crippen LogP contribution in [0.5, 0.6) is 5.75 Å². The van der Waals surface area contributed by atoms with E-state index in [4.69, 9.17) is 16.3 Å². The van der Waals surface area contributed by atoms with Gasteiger partial charge in [-0.3, -0.25) is 4.79 Å². The third-order valence-corrected chi connectivity index (χ3v) is 4.76. The molecular weight excluding hydrogens is 336 g/mol. The Morgan fingerprint density at radius 1 is 1.04 bits per heavy atom. The molecule has 0 aromatic heterocycles. The van der Waals surface area contributed by atoms with Gasteiger partial charge in [-0.25, -0.2) is 0 Å². The van der Waals surface area contributed by atoms with Crippen molar-refractivity contribution in [3.05, 3.63) is 53.6 Å². The van der Waals surface area contributed by atoms with Crippen molar-refractivity contribution in [1.82, 2.24) is 9.80 Å². The van der Waals surface area contributed by atoms with Crippen LogP contribution in [0.15, 0.2) is 48.5 Å². The van der Waals surface area contributed by atoms with Gasteiger partial charge >= 0.3 is 0 Å². The maximum Gasteiger partial charge on any atom is 0.260 e. The number of hydrogen-bond donors (Lipinski definition) is 0. The Labute approximate surface area is 154 Å². The minimum atomic E-state index is 0.0125. The Morgan fingerprint density at radius 3 is 2.60 bits per heavy atom. The van der Waals surface area contributed by atoms with Crippen molar-refractivity contribution in [3.63, 3.8) is 0 Å². The first-order valence-electron chi connectivity index (χ1n) is 8.57. The van der Waals surface area contributed by atoms with Crippen LogP contribution >= 0.6 is 11.6 Å². The Hall–Kier alpha value is -2.04. The summed E-state index contributed by atoms with van der Waals surface area (Å²) in [7, 11) is 2.08. The van der Waals surface area contributed by atoms with E-state index in [0.717, 1.165) is 43.7 Å². The van der Waals surface area contributed by atoms with Crippen LogP contribution in [-0.2, 0) is 4.79 Å². The van der Waals surface area contributed by atoms with E-state index in [-0.39, 0.29) is 12.5 Å². The standard InChI is InChI=1S/C20H23ClN2O2/c1-22-10-5-11-23(13-12-22)20(24)15-25-19-9-8-17(14-18(19)21)16-6-3-2-4-7-16/h2-4,6-9,14H,5,10-13,15H2,1H3. The highest BCUT2D eigenvalue weighted by molar-refractivity contribution is 6.32. The smallest absolute Gasteiger partial charge is 0.260 e. The SMILES string of the molecule is CN1CCCN(C(=O)COc2ccc(-c3ccccc3)cc2Cl)CC1. The quantitative estimate of drug-likeness (QED) is 0.838. The summed E-state index contributed by atoms with van der Waals surface area (Å²) in [6, 6.07) is 15.7. The molecule has 132 valence electrons. The Kier molecular flexibility index (Phi) is 5.95. The van der Waals surface area contributed by atoms with Crippen LogP contribution in [0, 0.1) is 0 Å². The molecule has 5 heteroatoms. The van der Waals surface area contributed by atoms with Crippen LogP contribution in [0.1, 0.15) is 6.42 Å². The fourth-order valence-corrected chi connectivity index (χ4v) is 3.19. The van der Waals surface area contributed by atoms with Crippen molar-refractivity contribution in [3.8, 4) is 16.9 Å². The van der Waals surface area contributed by atoms with Gasteiger partial charge in [-0.2, -0.15) is 0 Å². The van der Waals surface area contributed by atoms with Crippen LogP contribution in [0.25, 0.3) is 11.1 Å². The van der Waals surface area contributed by atoms with E-state index < -0.39 is 0 Å². The van der Waals surface area contributed by atoms with Gasteiger partial charge in [-0.1, -0.05) is 48.0 Å². The van der Waals surface area contributed by atoms with E-state index >= 15 is 0 Å². The number of nitrogens with zero attached hydrogens (tertiary/aromatic N) is 2. The van der Waals surface area contributed by atoms with Gasteiger partial charge in [0.05, 0.1) is 5.02 Å². The average molecular weight is 359 g/mol. The van der Waals surface area contributed by atoms with Gasteiger partial charge in [0.1, 0.15) is 5.75 Å². The first-order chi connectivity index (χ1) is 12.1. The lowest BCUT2D eigenvalue weighted by molar-refractivity contribution is -0.133. The monoisotopic (exact) mass is 358 g/mol. The maximum atomic E-state index is 12.4. The molecule has 0 atom stereocenters. The molecule has 2 aromatic rings. The summed E-state index contributed by atoms with van der Waals surface area (Å²) in [5.74, 6) is 0.556. The Bertz CT molecular complexity index is 721. The lowest BCUT2D eigenvalue weighted by atomic mass is 10.1. The molecule has 1 aliphatic rings. The summed E-state index contributed by atoms with van der Waals surface area (Å²) < 4.78 is 5.67. The van der Waals surface area contributed by atoms with Crippen LogP contribution in [0.4, 0.5) is 0 Å². The van der Waals surface area contributed by atoms with Crippen molar-refractivity contribution in [2.24, 2.45) is 0 Å². The largest absolute Gasteiger partial charge is 0.482 e. The number of ether oxygens (including phenoxy) is 1. The fourth-order valence-electron chi connectivity index (χ4n) is 2.95. The number of rotatable bonds is 4. The topological polar surface area (TPSA) is 32.8 Å². The molecular formula is C20H23ClN2O2. The summed E-state index contributed by atoms with van der Waals surface area (Å²) in [5.41, 5.74) is 2.13. The van der Waals surface area contributed by atoms with Gasteiger partial charge in [0.25, 0.3) is 5.91 Å². The molecule has 0 radical (unpaired) electrons. The molecule has 2 aromatic carbocycles. The van der Waals surface area contributed by atoms with E-state index in [9.17, 15) is 4.79 Å². The number of hydrogen-bond acceptors (Lipinski definition) is 3. The van der Waals surface area contributed by atoms with Crippen LogP contribution in [-0.4, -0.2) is 55.5 Å². The molecule has 1 fully saturated rings. The summed E-state index contributed by atoms with van der Waals surface area (Å²) in [6.45, 7) is 3.48. The second-order valence-corrected chi connectivity index (χ2v) is 6.74. The fraction of sp³-hybridized carbons (Fsp3) is 0.350. The molecule has 1 amide bonds. The zero-order valence-corrected chi connectivity index (χ0v) is 15.2. The highest BCUT2D eigenvalue weighted by atomic mass is 35.5. The zero-order chi connectivity index (χ0) is 17.6. The summed E-state index contributed by atoms with van der Waals surface area (Å²) >= 11 is 6.34. The average Bonchev–Trinajstić information content (AvgIpc) is 2.86. The number of likely N-dealkylation sites (N-methyl/N-ethyl adjacent to an activating group) is 1. The number of carbonyl (C=O) groups excluding carboxylic acids is 1. The number of amides is 1. The molecule has 0 unspecified atom stereocenters. The summed E-state index contributed by atoms with van der Waals surface area (Å²) in [4.78, 5) is 16.5. The third-order valence-electron chi connectivity index (χ3n) is 4.46.